The summed E-state index contributed by atoms with van der Waals surface area (Å²) in [7, 11) is 1.36. The van der Waals surface area contributed by atoms with Crippen molar-refractivity contribution in [2.45, 2.75) is 6.92 Å². The van der Waals surface area contributed by atoms with Crippen LogP contribution in [0, 0.1) is 6.92 Å². The van der Waals surface area contributed by atoms with E-state index in [2.05, 4.69) is 4.74 Å². The first-order valence-electron chi connectivity index (χ1n) is 5.22. The van der Waals surface area contributed by atoms with Crippen LogP contribution in [0.3, 0.4) is 0 Å². The van der Waals surface area contributed by atoms with Gasteiger partial charge >= 0.3 is 5.97 Å². The molecule has 0 unspecified atom stereocenters. The Morgan fingerprint density at radius 1 is 1.59 bits per heavy atom. The van der Waals surface area contributed by atoms with Crippen LogP contribution in [0.15, 0.2) is 18.2 Å². The first kappa shape index (κ1) is 11.9. The Labute approximate surface area is 105 Å². The number of carbonyl (C=O) groups is 1. The van der Waals surface area contributed by atoms with E-state index in [4.69, 9.17) is 17.0 Å². The first-order chi connectivity index (χ1) is 8.11. The molecule has 1 aliphatic heterocycles. The molecule has 0 bridgehead atoms. The monoisotopic (exact) mass is 251 g/mol. The second kappa shape index (κ2) is 4.71. The number of carbonyl (C=O) groups excluding carboxylic acids is 1. The van der Waals surface area contributed by atoms with Crippen LogP contribution in [0.1, 0.15) is 5.56 Å². The summed E-state index contributed by atoms with van der Waals surface area (Å²) in [5.74, 6) is 0.426. The third kappa shape index (κ3) is 2.39. The van der Waals surface area contributed by atoms with E-state index < -0.39 is 0 Å². The molecule has 0 radical (unpaired) electrons. The molecule has 0 aromatic heterocycles. The van der Waals surface area contributed by atoms with E-state index in [1.807, 2.05) is 25.1 Å². The summed E-state index contributed by atoms with van der Waals surface area (Å²) in [6.07, 6.45) is 0. The van der Waals surface area contributed by atoms with Crippen molar-refractivity contribution in [2.24, 2.45) is 0 Å². The Bertz CT molecular complexity index is 473. The number of thiocarbonyl (C=S) groups is 1. The largest absolute Gasteiger partial charge is 0.484 e. The molecule has 0 aliphatic carbocycles. The number of benzene rings is 1. The highest BCUT2D eigenvalue weighted by Crippen LogP contribution is 2.33. The molecule has 0 spiro atoms. The number of hydrogen-bond donors (Lipinski definition) is 0. The summed E-state index contributed by atoms with van der Waals surface area (Å²) in [4.78, 5) is 13.7. The molecule has 0 fully saturated rings. The van der Waals surface area contributed by atoms with Crippen molar-refractivity contribution in [1.29, 1.82) is 0 Å². The van der Waals surface area contributed by atoms with Gasteiger partial charge in [0.2, 0.25) is 0 Å². The lowest BCUT2D eigenvalue weighted by atomic mass is 10.1. The first-order valence-corrected chi connectivity index (χ1v) is 5.63. The number of anilines is 1. The van der Waals surface area contributed by atoms with Crippen molar-refractivity contribution in [3.8, 4) is 5.75 Å². The van der Waals surface area contributed by atoms with Gasteiger partial charge in [-0.3, -0.25) is 4.79 Å². The fourth-order valence-electron chi connectivity index (χ4n) is 1.68. The van der Waals surface area contributed by atoms with Gasteiger partial charge in [0.1, 0.15) is 23.9 Å². The topological polar surface area (TPSA) is 38.8 Å². The van der Waals surface area contributed by atoms with Crippen molar-refractivity contribution in [1.82, 2.24) is 0 Å². The number of esters is 1. The van der Waals surface area contributed by atoms with Gasteiger partial charge in [-0.2, -0.15) is 0 Å². The number of methoxy groups -OCH3 is 1. The van der Waals surface area contributed by atoms with Gasteiger partial charge in [0.15, 0.2) is 0 Å². The van der Waals surface area contributed by atoms with Gasteiger partial charge in [0.05, 0.1) is 12.8 Å². The molecule has 1 aliphatic rings. The van der Waals surface area contributed by atoms with Gasteiger partial charge in [0.25, 0.3) is 0 Å². The van der Waals surface area contributed by atoms with Gasteiger partial charge in [-0.15, -0.1) is 0 Å². The van der Waals surface area contributed by atoms with E-state index in [1.165, 1.54) is 7.11 Å². The third-order valence-corrected chi connectivity index (χ3v) is 2.91. The predicted molar refractivity (Wildman–Crippen MR) is 68.6 cm³/mol. The van der Waals surface area contributed by atoms with Crippen LogP contribution in [0.25, 0.3) is 0 Å². The minimum atomic E-state index is -0.318. The highest BCUT2D eigenvalue weighted by Gasteiger charge is 2.24. The summed E-state index contributed by atoms with van der Waals surface area (Å²) in [5.41, 5.74) is 1.92. The molecule has 5 heteroatoms. The maximum atomic E-state index is 11.4. The van der Waals surface area contributed by atoms with Crippen LogP contribution >= 0.6 is 12.2 Å². The van der Waals surface area contributed by atoms with Crippen molar-refractivity contribution in [2.75, 3.05) is 25.2 Å². The lowest BCUT2D eigenvalue weighted by Crippen LogP contribution is -2.41. The quantitative estimate of drug-likeness (QED) is 0.591. The molecular formula is C12H13NO3S. The SMILES string of the molecule is COC(=O)CN1C(=S)COc2ccc(C)cc21. The predicted octanol–water partition coefficient (Wildman–Crippen LogP) is 1.69. The summed E-state index contributed by atoms with van der Waals surface area (Å²) >= 11 is 5.21. The highest BCUT2D eigenvalue weighted by atomic mass is 32.1. The van der Waals surface area contributed by atoms with Gasteiger partial charge in [0, 0.05) is 0 Å². The molecule has 0 N–H and O–H groups in total. The molecule has 1 heterocycles. The van der Waals surface area contributed by atoms with Crippen molar-refractivity contribution >= 4 is 28.9 Å². The molecule has 0 saturated heterocycles. The van der Waals surface area contributed by atoms with Gasteiger partial charge in [-0.25, -0.2) is 0 Å². The fraction of sp³-hybridized carbons (Fsp3) is 0.333. The van der Waals surface area contributed by atoms with Crippen LogP contribution < -0.4 is 9.64 Å². The van der Waals surface area contributed by atoms with Crippen LogP contribution in [0.5, 0.6) is 5.75 Å². The van der Waals surface area contributed by atoms with E-state index in [0.717, 1.165) is 17.0 Å². The van der Waals surface area contributed by atoms with E-state index in [9.17, 15) is 4.79 Å². The van der Waals surface area contributed by atoms with Crippen molar-refractivity contribution < 1.29 is 14.3 Å². The van der Waals surface area contributed by atoms with Crippen LogP contribution in [0.4, 0.5) is 5.69 Å². The Kier molecular flexibility index (Phi) is 3.28. The highest BCUT2D eigenvalue weighted by molar-refractivity contribution is 7.80. The van der Waals surface area contributed by atoms with Gasteiger partial charge < -0.3 is 14.4 Å². The lowest BCUT2D eigenvalue weighted by molar-refractivity contribution is -0.138. The molecule has 0 amide bonds. The molecule has 0 atom stereocenters. The molecule has 17 heavy (non-hydrogen) atoms. The van der Waals surface area contributed by atoms with E-state index in [-0.39, 0.29) is 12.5 Å². The third-order valence-electron chi connectivity index (χ3n) is 2.57. The average molecular weight is 251 g/mol. The molecule has 4 nitrogen and oxygen atoms in total. The maximum Gasteiger partial charge on any atom is 0.325 e. The number of rotatable bonds is 2. The number of ether oxygens (including phenoxy) is 2. The standard InChI is InChI=1S/C12H13NO3S/c1-8-3-4-10-9(5-8)13(6-12(14)15-2)11(17)7-16-10/h3-5H,6-7H2,1-2H3. The molecule has 1 aromatic rings. The minimum Gasteiger partial charge on any atom is -0.484 e. The number of aryl methyl sites for hydroxylation is 1. The van der Waals surface area contributed by atoms with Crippen molar-refractivity contribution in [3.05, 3.63) is 23.8 Å². The average Bonchev–Trinajstić information content (AvgIpc) is 2.32. The summed E-state index contributed by atoms with van der Waals surface area (Å²) in [6, 6.07) is 5.80. The van der Waals surface area contributed by atoms with E-state index >= 15 is 0 Å². The van der Waals surface area contributed by atoms with Gasteiger partial charge in [-0.05, 0) is 24.6 Å². The minimum absolute atomic E-state index is 0.120. The summed E-state index contributed by atoms with van der Waals surface area (Å²) in [6.45, 7) is 2.42. The molecule has 0 saturated carbocycles. The zero-order valence-electron chi connectivity index (χ0n) is 9.73. The molecule has 1 aromatic carbocycles. The van der Waals surface area contributed by atoms with Gasteiger partial charge in [-0.1, -0.05) is 18.3 Å². The second-order valence-corrected chi connectivity index (χ2v) is 4.29. The number of nitrogens with zero attached hydrogens (tertiary/aromatic N) is 1. The Morgan fingerprint density at radius 2 is 2.35 bits per heavy atom. The summed E-state index contributed by atoms with van der Waals surface area (Å²) < 4.78 is 10.2. The number of hydrogen-bond acceptors (Lipinski definition) is 4. The summed E-state index contributed by atoms with van der Waals surface area (Å²) in [5, 5.41) is 0. The van der Waals surface area contributed by atoms with Crippen molar-refractivity contribution in [3.63, 3.8) is 0 Å². The molecule has 90 valence electrons. The Morgan fingerprint density at radius 3 is 3.06 bits per heavy atom. The lowest BCUT2D eigenvalue weighted by Gasteiger charge is -2.30. The zero-order valence-corrected chi connectivity index (χ0v) is 10.5. The zero-order chi connectivity index (χ0) is 12.4. The van der Waals surface area contributed by atoms with Crippen LogP contribution in [-0.2, 0) is 9.53 Å². The Hall–Kier alpha value is -1.62. The van der Waals surface area contributed by atoms with E-state index in [0.29, 0.717) is 11.6 Å². The molecular weight excluding hydrogens is 238 g/mol. The number of fused-ring (bicyclic) bond motifs is 1. The van der Waals surface area contributed by atoms with E-state index in [1.54, 1.807) is 4.90 Å². The second-order valence-electron chi connectivity index (χ2n) is 3.82. The normalized spacial score (nSPS) is 14.0. The molecule has 2 rings (SSSR count). The Balaban J connectivity index is 2.35. The fourth-order valence-corrected chi connectivity index (χ4v) is 1.90. The van der Waals surface area contributed by atoms with Crippen LogP contribution in [-0.4, -0.2) is 31.2 Å². The smallest absolute Gasteiger partial charge is 0.325 e. The van der Waals surface area contributed by atoms with Crippen LogP contribution in [0.2, 0.25) is 0 Å². The maximum absolute atomic E-state index is 11.4.